The highest BCUT2D eigenvalue weighted by Crippen LogP contribution is 2.21. The topological polar surface area (TPSA) is 69.6 Å². The molecule has 0 aromatic heterocycles. The molecule has 1 rings (SSSR count). The van der Waals surface area contributed by atoms with Gasteiger partial charge in [0.25, 0.3) is 0 Å². The number of carbonyl (C=O) groups is 2. The van der Waals surface area contributed by atoms with Crippen LogP contribution in [0.15, 0.2) is 0 Å². The molecule has 1 saturated heterocycles. The first kappa shape index (κ1) is 11.8. The highest BCUT2D eigenvalue weighted by molar-refractivity contribution is 5.82. The molecule has 0 aliphatic carbocycles. The van der Waals surface area contributed by atoms with Gasteiger partial charge in [-0.3, -0.25) is 4.79 Å². The number of hydrogen-bond donors (Lipinski definition) is 2. The van der Waals surface area contributed by atoms with Gasteiger partial charge >= 0.3 is 12.0 Å². The first-order valence-corrected chi connectivity index (χ1v) is 5.20. The summed E-state index contributed by atoms with van der Waals surface area (Å²) in [6.07, 6.45) is 0. The Morgan fingerprint density at radius 1 is 1.33 bits per heavy atom. The maximum Gasteiger partial charge on any atom is 0.325 e. The third kappa shape index (κ3) is 2.84. The van der Waals surface area contributed by atoms with Crippen molar-refractivity contribution in [2.75, 3.05) is 13.1 Å². The van der Waals surface area contributed by atoms with Crippen LogP contribution in [0.4, 0.5) is 4.79 Å². The minimum absolute atomic E-state index is 0.277. The molecule has 1 fully saturated rings. The fourth-order valence-electron chi connectivity index (χ4n) is 1.63. The number of nitrogens with zero attached hydrogens (tertiary/aromatic N) is 1. The van der Waals surface area contributed by atoms with E-state index in [0.29, 0.717) is 24.9 Å². The summed E-state index contributed by atoms with van der Waals surface area (Å²) in [4.78, 5) is 23.8. The van der Waals surface area contributed by atoms with Crippen LogP contribution in [0.1, 0.15) is 20.8 Å². The maximum atomic E-state index is 11.6. The number of nitrogens with one attached hydrogen (secondary N) is 1. The lowest BCUT2D eigenvalue weighted by Crippen LogP contribution is -2.45. The van der Waals surface area contributed by atoms with E-state index < -0.39 is 12.0 Å². The standard InChI is InChI=1S/C10H18N2O3/c1-6-4-12(5-7(6)2)10(15)11-8(3)9(13)14/h6-8H,4-5H2,1-3H3,(H,11,15)(H,13,14)/t6?,7?,8-/m0/s1. The largest absolute Gasteiger partial charge is 0.480 e. The fraction of sp³-hybridized carbons (Fsp3) is 0.800. The Balaban J connectivity index is 2.45. The minimum atomic E-state index is -1.01. The number of urea groups is 1. The van der Waals surface area contributed by atoms with Gasteiger partial charge in [0.15, 0.2) is 0 Å². The van der Waals surface area contributed by atoms with E-state index in [-0.39, 0.29) is 6.03 Å². The summed E-state index contributed by atoms with van der Waals surface area (Å²) in [5, 5.41) is 11.1. The highest BCUT2D eigenvalue weighted by atomic mass is 16.4. The molecule has 1 heterocycles. The van der Waals surface area contributed by atoms with Crippen molar-refractivity contribution in [1.29, 1.82) is 0 Å². The molecule has 2 amide bonds. The number of carboxylic acids is 1. The lowest BCUT2D eigenvalue weighted by molar-refractivity contribution is -0.138. The Hall–Kier alpha value is -1.26. The third-order valence-corrected chi connectivity index (χ3v) is 2.99. The summed E-state index contributed by atoms with van der Waals surface area (Å²) >= 11 is 0. The van der Waals surface area contributed by atoms with Gasteiger partial charge in [-0.15, -0.1) is 0 Å². The Morgan fingerprint density at radius 2 is 1.80 bits per heavy atom. The molecule has 3 atom stereocenters. The second-order valence-electron chi connectivity index (χ2n) is 4.37. The quantitative estimate of drug-likeness (QED) is 0.713. The second kappa shape index (κ2) is 4.51. The highest BCUT2D eigenvalue weighted by Gasteiger charge is 2.30. The molecule has 5 nitrogen and oxygen atoms in total. The molecule has 15 heavy (non-hydrogen) atoms. The fourth-order valence-corrected chi connectivity index (χ4v) is 1.63. The Morgan fingerprint density at radius 3 is 2.20 bits per heavy atom. The van der Waals surface area contributed by atoms with Crippen molar-refractivity contribution in [3.8, 4) is 0 Å². The third-order valence-electron chi connectivity index (χ3n) is 2.99. The molecule has 2 N–H and O–H groups in total. The Bertz CT molecular complexity index is 257. The molecule has 0 aromatic carbocycles. The van der Waals surface area contributed by atoms with Crippen LogP contribution < -0.4 is 5.32 Å². The van der Waals surface area contributed by atoms with Crippen LogP contribution >= 0.6 is 0 Å². The van der Waals surface area contributed by atoms with Crippen molar-refractivity contribution in [2.45, 2.75) is 26.8 Å². The molecule has 5 heteroatoms. The number of carboxylic acid groups (broad SMARTS) is 1. The molecule has 0 saturated carbocycles. The van der Waals surface area contributed by atoms with Gasteiger partial charge < -0.3 is 15.3 Å². The molecular formula is C10H18N2O3. The number of amides is 2. The Kier molecular flexibility index (Phi) is 3.55. The summed E-state index contributed by atoms with van der Waals surface area (Å²) in [5.41, 5.74) is 0. The summed E-state index contributed by atoms with van der Waals surface area (Å²) < 4.78 is 0. The molecule has 2 unspecified atom stereocenters. The maximum absolute atomic E-state index is 11.6. The monoisotopic (exact) mass is 214 g/mol. The van der Waals surface area contributed by atoms with E-state index in [1.165, 1.54) is 6.92 Å². The summed E-state index contributed by atoms with van der Waals surface area (Å²) in [5.74, 6) is -0.0459. The van der Waals surface area contributed by atoms with Crippen LogP contribution in [0.5, 0.6) is 0 Å². The van der Waals surface area contributed by atoms with Gasteiger partial charge in [-0.2, -0.15) is 0 Å². The molecule has 1 aliphatic rings. The van der Waals surface area contributed by atoms with Crippen LogP contribution in [0.3, 0.4) is 0 Å². The minimum Gasteiger partial charge on any atom is -0.480 e. The van der Waals surface area contributed by atoms with Gasteiger partial charge in [0, 0.05) is 13.1 Å². The Labute approximate surface area is 89.4 Å². The van der Waals surface area contributed by atoms with Gasteiger partial charge in [-0.05, 0) is 18.8 Å². The van der Waals surface area contributed by atoms with Crippen LogP contribution in [0, 0.1) is 11.8 Å². The van der Waals surface area contributed by atoms with E-state index in [4.69, 9.17) is 5.11 Å². The summed E-state index contributed by atoms with van der Waals surface area (Å²) in [7, 11) is 0. The molecule has 0 bridgehead atoms. The number of rotatable bonds is 2. The lowest BCUT2D eigenvalue weighted by atomic mass is 10.0. The molecule has 0 spiro atoms. The number of carbonyl (C=O) groups excluding carboxylic acids is 1. The number of aliphatic carboxylic acids is 1. The van der Waals surface area contributed by atoms with Crippen molar-refractivity contribution >= 4 is 12.0 Å². The first-order valence-electron chi connectivity index (χ1n) is 5.20. The molecule has 0 radical (unpaired) electrons. The van der Waals surface area contributed by atoms with Gasteiger partial charge in [-0.25, -0.2) is 4.79 Å². The predicted octanol–water partition coefficient (Wildman–Crippen LogP) is 0.757. The number of likely N-dealkylation sites (tertiary alicyclic amines) is 1. The lowest BCUT2D eigenvalue weighted by Gasteiger charge is -2.18. The first-order chi connectivity index (χ1) is 6.91. The van der Waals surface area contributed by atoms with E-state index in [2.05, 4.69) is 19.2 Å². The van der Waals surface area contributed by atoms with Crippen molar-refractivity contribution in [3.63, 3.8) is 0 Å². The van der Waals surface area contributed by atoms with E-state index in [1.807, 2.05) is 0 Å². The smallest absolute Gasteiger partial charge is 0.325 e. The van der Waals surface area contributed by atoms with Crippen molar-refractivity contribution in [1.82, 2.24) is 10.2 Å². The van der Waals surface area contributed by atoms with Crippen LogP contribution in [-0.2, 0) is 4.79 Å². The van der Waals surface area contributed by atoms with Crippen molar-refractivity contribution < 1.29 is 14.7 Å². The van der Waals surface area contributed by atoms with Crippen molar-refractivity contribution in [2.24, 2.45) is 11.8 Å². The van der Waals surface area contributed by atoms with Gasteiger partial charge in [0.2, 0.25) is 0 Å². The van der Waals surface area contributed by atoms with Crippen LogP contribution in [0.25, 0.3) is 0 Å². The van der Waals surface area contributed by atoms with Gasteiger partial charge in [0.1, 0.15) is 6.04 Å². The second-order valence-corrected chi connectivity index (χ2v) is 4.37. The summed E-state index contributed by atoms with van der Waals surface area (Å²) in [6, 6.07) is -1.11. The predicted molar refractivity (Wildman–Crippen MR) is 55.5 cm³/mol. The molecular weight excluding hydrogens is 196 g/mol. The number of hydrogen-bond acceptors (Lipinski definition) is 2. The zero-order valence-electron chi connectivity index (χ0n) is 9.36. The van der Waals surface area contributed by atoms with Crippen molar-refractivity contribution in [3.05, 3.63) is 0 Å². The zero-order valence-corrected chi connectivity index (χ0v) is 9.36. The van der Waals surface area contributed by atoms with E-state index in [1.54, 1.807) is 4.90 Å². The SMILES string of the molecule is CC1CN(C(=O)N[C@@H](C)C(=O)O)CC1C. The average Bonchev–Trinajstić information content (AvgIpc) is 2.46. The molecule has 1 aliphatic heterocycles. The zero-order chi connectivity index (χ0) is 11.6. The van der Waals surface area contributed by atoms with Crippen LogP contribution in [-0.4, -0.2) is 41.1 Å². The average molecular weight is 214 g/mol. The molecule has 0 aromatic rings. The van der Waals surface area contributed by atoms with Gasteiger partial charge in [0.05, 0.1) is 0 Å². The van der Waals surface area contributed by atoms with Gasteiger partial charge in [-0.1, -0.05) is 13.8 Å². The van der Waals surface area contributed by atoms with E-state index in [0.717, 1.165) is 0 Å². The van der Waals surface area contributed by atoms with E-state index >= 15 is 0 Å². The van der Waals surface area contributed by atoms with Crippen LogP contribution in [0.2, 0.25) is 0 Å². The normalized spacial score (nSPS) is 27.5. The summed E-state index contributed by atoms with van der Waals surface area (Å²) in [6.45, 7) is 7.07. The molecule has 86 valence electrons. The van der Waals surface area contributed by atoms with E-state index in [9.17, 15) is 9.59 Å².